The maximum Gasteiger partial charge on any atom is 0.270 e. The summed E-state index contributed by atoms with van der Waals surface area (Å²) in [4.78, 5) is 24.9. The number of amides is 1. The highest BCUT2D eigenvalue weighted by Crippen LogP contribution is 2.38. The second kappa shape index (κ2) is 9.47. The minimum atomic E-state index is -0.603. The van der Waals surface area contributed by atoms with E-state index in [1.807, 2.05) is 0 Å². The number of nitro groups is 1. The fourth-order valence-corrected chi connectivity index (χ4v) is 4.36. The van der Waals surface area contributed by atoms with Crippen LogP contribution in [0.3, 0.4) is 0 Å². The van der Waals surface area contributed by atoms with Crippen LogP contribution in [-0.2, 0) is 11.4 Å². The van der Waals surface area contributed by atoms with Crippen LogP contribution in [0.1, 0.15) is 11.1 Å². The molecule has 0 aliphatic carbocycles. The van der Waals surface area contributed by atoms with E-state index in [0.717, 1.165) is 16.7 Å². The first-order valence-corrected chi connectivity index (χ1v) is 10.7. The highest BCUT2D eigenvalue weighted by Gasteiger charge is 2.35. The third kappa shape index (κ3) is 4.91. The van der Waals surface area contributed by atoms with E-state index in [1.165, 1.54) is 54.6 Å². The van der Waals surface area contributed by atoms with Crippen molar-refractivity contribution in [3.05, 3.63) is 105 Å². The Hall–Kier alpha value is -3.63. The SMILES string of the molecule is O=C1/C(=C\c2cc([N+](=O)[O-])ccc2OCc2ccc(F)cc2)SC(=S)N1c1ccccc1F. The minimum Gasteiger partial charge on any atom is -0.488 e. The number of carbonyl (C=O) groups excluding carboxylic acids is 1. The van der Waals surface area contributed by atoms with Gasteiger partial charge in [0.05, 0.1) is 15.5 Å². The standard InChI is InChI=1S/C23H14F2N2O4S2/c24-16-7-5-14(6-8-16)13-31-20-10-9-17(27(29)30)11-15(20)12-21-22(28)26(23(32)33-21)19-4-2-1-3-18(19)25/h1-12H,13H2/b21-12+. The lowest BCUT2D eigenvalue weighted by Gasteiger charge is -2.15. The van der Waals surface area contributed by atoms with Crippen molar-refractivity contribution in [3.8, 4) is 5.75 Å². The quantitative estimate of drug-likeness (QED) is 0.189. The van der Waals surface area contributed by atoms with Crippen LogP contribution >= 0.6 is 24.0 Å². The fourth-order valence-electron chi connectivity index (χ4n) is 3.09. The van der Waals surface area contributed by atoms with Crippen molar-refractivity contribution in [3.63, 3.8) is 0 Å². The van der Waals surface area contributed by atoms with Crippen LogP contribution in [0.15, 0.2) is 71.6 Å². The van der Waals surface area contributed by atoms with Crippen LogP contribution in [0.2, 0.25) is 0 Å². The summed E-state index contributed by atoms with van der Waals surface area (Å²) in [6.07, 6.45) is 1.42. The number of carbonyl (C=O) groups is 1. The van der Waals surface area contributed by atoms with E-state index < -0.39 is 16.6 Å². The van der Waals surface area contributed by atoms with Gasteiger partial charge in [0.15, 0.2) is 4.32 Å². The Morgan fingerprint density at radius 2 is 1.82 bits per heavy atom. The number of thioether (sulfide) groups is 1. The van der Waals surface area contributed by atoms with Crippen LogP contribution in [-0.4, -0.2) is 15.2 Å². The number of rotatable bonds is 6. The van der Waals surface area contributed by atoms with E-state index >= 15 is 0 Å². The Morgan fingerprint density at radius 3 is 2.52 bits per heavy atom. The average Bonchev–Trinajstić information content (AvgIpc) is 3.07. The lowest BCUT2D eigenvalue weighted by Crippen LogP contribution is -2.28. The van der Waals surface area contributed by atoms with Crippen LogP contribution in [0, 0.1) is 21.7 Å². The van der Waals surface area contributed by atoms with Gasteiger partial charge in [-0.25, -0.2) is 8.78 Å². The largest absolute Gasteiger partial charge is 0.488 e. The first-order valence-electron chi connectivity index (χ1n) is 9.51. The molecule has 33 heavy (non-hydrogen) atoms. The molecule has 0 aromatic heterocycles. The molecular formula is C23H14F2N2O4S2. The summed E-state index contributed by atoms with van der Waals surface area (Å²) in [5.41, 5.74) is 0.794. The van der Waals surface area contributed by atoms with Gasteiger partial charge in [0.2, 0.25) is 0 Å². The van der Waals surface area contributed by atoms with Gasteiger partial charge >= 0.3 is 0 Å². The smallest absolute Gasteiger partial charge is 0.270 e. The Morgan fingerprint density at radius 1 is 1.09 bits per heavy atom. The Kier molecular flexibility index (Phi) is 6.47. The van der Waals surface area contributed by atoms with E-state index in [4.69, 9.17) is 17.0 Å². The molecule has 1 aliphatic rings. The molecule has 3 aromatic rings. The number of nitro benzene ring substituents is 1. The molecule has 3 aromatic carbocycles. The Labute approximate surface area is 196 Å². The molecule has 0 atom stereocenters. The third-order valence-electron chi connectivity index (χ3n) is 4.69. The number of non-ortho nitro benzene ring substituents is 1. The van der Waals surface area contributed by atoms with E-state index in [1.54, 1.807) is 18.2 Å². The molecule has 0 spiro atoms. The monoisotopic (exact) mass is 484 g/mol. The van der Waals surface area contributed by atoms with Gasteiger partial charge in [-0.05, 0) is 42.0 Å². The number of para-hydroxylation sites is 1. The number of hydrogen-bond acceptors (Lipinski definition) is 6. The van der Waals surface area contributed by atoms with Crippen LogP contribution in [0.4, 0.5) is 20.2 Å². The average molecular weight is 485 g/mol. The first kappa shape index (κ1) is 22.6. The lowest BCUT2D eigenvalue weighted by molar-refractivity contribution is -0.384. The zero-order valence-corrected chi connectivity index (χ0v) is 18.4. The summed E-state index contributed by atoms with van der Waals surface area (Å²) >= 11 is 6.22. The van der Waals surface area contributed by atoms with E-state index in [2.05, 4.69) is 0 Å². The minimum absolute atomic E-state index is 0.0234. The van der Waals surface area contributed by atoms with Gasteiger partial charge < -0.3 is 4.74 Å². The molecule has 0 N–H and O–H groups in total. The summed E-state index contributed by atoms with van der Waals surface area (Å²) in [6.45, 7) is 0.0785. The zero-order chi connectivity index (χ0) is 23.5. The molecular weight excluding hydrogens is 470 g/mol. The maximum atomic E-state index is 14.2. The molecule has 0 radical (unpaired) electrons. The molecule has 1 saturated heterocycles. The van der Waals surface area contributed by atoms with Crippen LogP contribution in [0.5, 0.6) is 5.75 Å². The molecule has 1 heterocycles. The van der Waals surface area contributed by atoms with Gasteiger partial charge in [-0.15, -0.1) is 0 Å². The number of ether oxygens (including phenoxy) is 1. The summed E-state index contributed by atoms with van der Waals surface area (Å²) in [5.74, 6) is -1.26. The van der Waals surface area contributed by atoms with Crippen molar-refractivity contribution < 1.29 is 23.2 Å². The lowest BCUT2D eigenvalue weighted by atomic mass is 10.1. The number of thiocarbonyl (C=S) groups is 1. The van der Waals surface area contributed by atoms with Crippen molar-refractivity contribution in [2.24, 2.45) is 0 Å². The Bertz CT molecular complexity index is 1300. The topological polar surface area (TPSA) is 72.7 Å². The highest BCUT2D eigenvalue weighted by molar-refractivity contribution is 8.27. The number of anilines is 1. The van der Waals surface area contributed by atoms with E-state index in [9.17, 15) is 23.7 Å². The van der Waals surface area contributed by atoms with Crippen molar-refractivity contribution >= 4 is 51.7 Å². The number of hydrogen-bond donors (Lipinski definition) is 0. The second-order valence-corrected chi connectivity index (χ2v) is 8.54. The predicted molar refractivity (Wildman–Crippen MR) is 126 cm³/mol. The summed E-state index contributed by atoms with van der Waals surface area (Å²) in [5, 5.41) is 11.3. The second-order valence-electron chi connectivity index (χ2n) is 6.86. The summed E-state index contributed by atoms with van der Waals surface area (Å²) in [7, 11) is 0. The molecule has 1 fully saturated rings. The van der Waals surface area contributed by atoms with Crippen LogP contribution < -0.4 is 9.64 Å². The number of nitrogens with zero attached hydrogens (tertiary/aromatic N) is 2. The maximum absolute atomic E-state index is 14.2. The van der Waals surface area contributed by atoms with Crippen molar-refractivity contribution in [2.45, 2.75) is 6.61 Å². The summed E-state index contributed by atoms with van der Waals surface area (Å²) in [6, 6.07) is 15.4. The van der Waals surface area contributed by atoms with Crippen molar-refractivity contribution in [1.82, 2.24) is 0 Å². The molecule has 1 amide bonds. The zero-order valence-electron chi connectivity index (χ0n) is 16.7. The fraction of sp³-hybridized carbons (Fsp3) is 0.0435. The molecule has 0 saturated carbocycles. The normalized spacial score (nSPS) is 14.7. The number of halogens is 2. The third-order valence-corrected chi connectivity index (χ3v) is 5.99. The molecule has 10 heteroatoms. The van der Waals surface area contributed by atoms with Gasteiger partial charge in [-0.2, -0.15) is 0 Å². The molecule has 0 bridgehead atoms. The first-order chi connectivity index (χ1) is 15.8. The van der Waals surface area contributed by atoms with Crippen LogP contribution in [0.25, 0.3) is 6.08 Å². The molecule has 1 aliphatic heterocycles. The molecule has 6 nitrogen and oxygen atoms in total. The van der Waals surface area contributed by atoms with Crippen molar-refractivity contribution in [1.29, 1.82) is 0 Å². The highest BCUT2D eigenvalue weighted by atomic mass is 32.2. The molecule has 4 rings (SSSR count). The number of benzene rings is 3. The predicted octanol–water partition coefficient (Wildman–Crippen LogP) is 5.86. The Balaban J connectivity index is 1.66. The van der Waals surface area contributed by atoms with Gasteiger partial charge in [-0.1, -0.05) is 48.2 Å². The van der Waals surface area contributed by atoms with E-state index in [-0.39, 0.29) is 44.3 Å². The van der Waals surface area contributed by atoms with Crippen molar-refractivity contribution in [2.75, 3.05) is 4.90 Å². The molecule has 0 unspecified atom stereocenters. The molecule has 166 valence electrons. The van der Waals surface area contributed by atoms with Gasteiger partial charge in [-0.3, -0.25) is 19.8 Å². The van der Waals surface area contributed by atoms with Gasteiger partial charge in [0.1, 0.15) is 24.0 Å². The van der Waals surface area contributed by atoms with Gasteiger partial charge in [0.25, 0.3) is 11.6 Å². The van der Waals surface area contributed by atoms with E-state index in [0.29, 0.717) is 5.56 Å². The van der Waals surface area contributed by atoms with Gasteiger partial charge in [0, 0.05) is 17.7 Å². The summed E-state index contributed by atoms with van der Waals surface area (Å²) < 4.78 is 33.3.